The molecule has 2 aromatic carbocycles. The van der Waals surface area contributed by atoms with Crippen LogP contribution in [0.1, 0.15) is 28.1 Å². The Kier molecular flexibility index (Phi) is 8.20. The monoisotopic (exact) mass is 529 g/mol. The molecule has 3 rings (SSSR count). The number of hydrogen-bond acceptors (Lipinski definition) is 5. The van der Waals surface area contributed by atoms with Gasteiger partial charge in [-0.1, -0.05) is 17.7 Å². The third kappa shape index (κ3) is 7.07. The van der Waals surface area contributed by atoms with Gasteiger partial charge in [-0.15, -0.1) is 0 Å². The maximum absolute atomic E-state index is 13.1. The Morgan fingerprint density at radius 1 is 1.00 bits per heavy atom. The van der Waals surface area contributed by atoms with Gasteiger partial charge in [-0.3, -0.25) is 20.4 Å². The standard InChI is InChI=1S/C22H19ClF3N3O5S/c23-17-6-8-19(9-7-17)35(32,33)29(14-18-5-2-12-34-18)11-10-20(30)27-28-21(31)15-3-1-4-16(13-15)22(24,25)26/h1-9,12-13H,10-11,14H2,(H,27,30)(H,28,31). The third-order valence-electron chi connectivity index (χ3n) is 4.72. The summed E-state index contributed by atoms with van der Waals surface area (Å²) in [6, 6.07) is 12.3. The minimum Gasteiger partial charge on any atom is -0.468 e. The molecule has 0 atom stereocenters. The van der Waals surface area contributed by atoms with Gasteiger partial charge in [0.2, 0.25) is 15.9 Å². The molecule has 1 heterocycles. The highest BCUT2D eigenvalue weighted by molar-refractivity contribution is 7.89. The molecular formula is C22H19ClF3N3O5S. The first-order valence-corrected chi connectivity index (χ1v) is 11.8. The molecule has 0 saturated heterocycles. The van der Waals surface area contributed by atoms with Crippen LogP contribution in [0.2, 0.25) is 5.02 Å². The lowest BCUT2D eigenvalue weighted by molar-refractivity contribution is -0.137. The Labute approximate surface area is 203 Å². The van der Waals surface area contributed by atoms with Crippen molar-refractivity contribution in [2.24, 2.45) is 0 Å². The minimum atomic E-state index is -4.63. The van der Waals surface area contributed by atoms with Crippen LogP contribution in [0.3, 0.4) is 0 Å². The van der Waals surface area contributed by atoms with Crippen molar-refractivity contribution in [3.63, 3.8) is 0 Å². The van der Waals surface area contributed by atoms with Crippen molar-refractivity contribution < 1.29 is 35.6 Å². The second-order valence-corrected chi connectivity index (χ2v) is 9.58. The second kappa shape index (κ2) is 10.9. The lowest BCUT2D eigenvalue weighted by Crippen LogP contribution is -2.43. The number of hydrogen-bond donors (Lipinski definition) is 2. The predicted octanol–water partition coefficient (Wildman–Crippen LogP) is 3.99. The highest BCUT2D eigenvalue weighted by Crippen LogP contribution is 2.29. The number of carbonyl (C=O) groups is 2. The molecule has 0 saturated carbocycles. The molecule has 2 N–H and O–H groups in total. The van der Waals surface area contributed by atoms with Crippen molar-refractivity contribution >= 4 is 33.4 Å². The van der Waals surface area contributed by atoms with Crippen LogP contribution in [-0.4, -0.2) is 31.1 Å². The average molecular weight is 530 g/mol. The summed E-state index contributed by atoms with van der Waals surface area (Å²) in [5, 5.41) is 0.345. The molecule has 1 aromatic heterocycles. The first-order valence-electron chi connectivity index (χ1n) is 10.0. The van der Waals surface area contributed by atoms with Gasteiger partial charge < -0.3 is 4.42 Å². The third-order valence-corrected chi connectivity index (χ3v) is 6.83. The SMILES string of the molecule is O=C(CCN(Cc1ccco1)S(=O)(=O)c1ccc(Cl)cc1)NNC(=O)c1cccc(C(F)(F)F)c1. The van der Waals surface area contributed by atoms with Crippen LogP contribution in [0, 0.1) is 0 Å². The Morgan fingerprint density at radius 2 is 1.71 bits per heavy atom. The van der Waals surface area contributed by atoms with Gasteiger partial charge in [0.15, 0.2) is 0 Å². The van der Waals surface area contributed by atoms with E-state index >= 15 is 0 Å². The van der Waals surface area contributed by atoms with Crippen molar-refractivity contribution in [1.82, 2.24) is 15.2 Å². The summed E-state index contributed by atoms with van der Waals surface area (Å²) in [5.41, 5.74) is 2.76. The zero-order valence-electron chi connectivity index (χ0n) is 17.9. The molecule has 3 aromatic rings. The van der Waals surface area contributed by atoms with Gasteiger partial charge in [-0.25, -0.2) is 8.42 Å². The van der Waals surface area contributed by atoms with Crippen LogP contribution in [0.15, 0.2) is 76.2 Å². The number of furan rings is 1. The molecule has 13 heteroatoms. The predicted molar refractivity (Wildman–Crippen MR) is 119 cm³/mol. The largest absolute Gasteiger partial charge is 0.468 e. The lowest BCUT2D eigenvalue weighted by Gasteiger charge is -2.21. The molecule has 2 amide bonds. The summed E-state index contributed by atoms with van der Waals surface area (Å²) in [5.74, 6) is -1.40. The molecule has 0 unspecified atom stereocenters. The van der Waals surface area contributed by atoms with E-state index in [4.69, 9.17) is 16.0 Å². The maximum Gasteiger partial charge on any atom is 0.416 e. The van der Waals surface area contributed by atoms with Gasteiger partial charge in [0.1, 0.15) is 5.76 Å². The highest BCUT2D eigenvalue weighted by Gasteiger charge is 2.31. The normalized spacial score (nSPS) is 11.9. The summed E-state index contributed by atoms with van der Waals surface area (Å²) < 4.78 is 70.9. The zero-order chi connectivity index (χ0) is 25.6. The number of carbonyl (C=O) groups excluding carboxylic acids is 2. The fourth-order valence-electron chi connectivity index (χ4n) is 2.94. The molecule has 0 spiro atoms. The van der Waals surface area contributed by atoms with E-state index in [0.29, 0.717) is 16.8 Å². The number of rotatable bonds is 8. The van der Waals surface area contributed by atoms with E-state index in [0.717, 1.165) is 22.5 Å². The highest BCUT2D eigenvalue weighted by atomic mass is 35.5. The summed E-state index contributed by atoms with van der Waals surface area (Å²) in [6.45, 7) is -0.446. The summed E-state index contributed by atoms with van der Waals surface area (Å²) in [6.07, 6.45) is -3.62. The van der Waals surface area contributed by atoms with Crippen molar-refractivity contribution in [2.75, 3.05) is 6.54 Å². The lowest BCUT2D eigenvalue weighted by atomic mass is 10.1. The van der Waals surface area contributed by atoms with Gasteiger partial charge in [-0.2, -0.15) is 17.5 Å². The van der Waals surface area contributed by atoms with Crippen LogP contribution >= 0.6 is 11.6 Å². The number of nitrogens with zero attached hydrogens (tertiary/aromatic N) is 1. The van der Waals surface area contributed by atoms with Crippen molar-refractivity contribution in [1.29, 1.82) is 0 Å². The maximum atomic E-state index is 13.1. The molecule has 0 radical (unpaired) electrons. The Morgan fingerprint density at radius 3 is 2.34 bits per heavy atom. The fraction of sp³-hybridized carbons (Fsp3) is 0.182. The summed E-state index contributed by atoms with van der Waals surface area (Å²) in [7, 11) is -4.04. The van der Waals surface area contributed by atoms with Gasteiger partial charge in [0.05, 0.1) is 23.3 Å². The van der Waals surface area contributed by atoms with Crippen molar-refractivity contribution in [3.8, 4) is 0 Å². The van der Waals surface area contributed by atoms with Crippen LogP contribution in [0.5, 0.6) is 0 Å². The fourth-order valence-corrected chi connectivity index (χ4v) is 4.47. The van der Waals surface area contributed by atoms with Crippen molar-refractivity contribution in [3.05, 3.63) is 88.8 Å². The molecule has 0 bridgehead atoms. The van der Waals surface area contributed by atoms with Crippen molar-refractivity contribution in [2.45, 2.75) is 24.0 Å². The Bertz CT molecular complexity index is 1280. The number of benzene rings is 2. The molecule has 186 valence electrons. The quantitative estimate of drug-likeness (QED) is 0.429. The van der Waals surface area contributed by atoms with Crippen LogP contribution in [0.25, 0.3) is 0 Å². The Balaban J connectivity index is 1.64. The van der Waals surface area contributed by atoms with E-state index in [1.54, 1.807) is 12.1 Å². The number of sulfonamides is 1. The van der Waals surface area contributed by atoms with Crippen LogP contribution in [-0.2, 0) is 27.5 Å². The van der Waals surface area contributed by atoms with E-state index in [-0.39, 0.29) is 30.0 Å². The molecule has 0 aliphatic rings. The van der Waals surface area contributed by atoms with Gasteiger partial charge in [-0.05, 0) is 54.6 Å². The molecular weight excluding hydrogens is 511 g/mol. The second-order valence-electron chi connectivity index (χ2n) is 7.20. The number of nitrogens with one attached hydrogen (secondary N) is 2. The number of amides is 2. The van der Waals surface area contributed by atoms with Gasteiger partial charge in [0, 0.05) is 23.6 Å². The van der Waals surface area contributed by atoms with E-state index in [2.05, 4.69) is 5.43 Å². The summed E-state index contributed by atoms with van der Waals surface area (Å²) >= 11 is 5.83. The number of halogens is 4. The minimum absolute atomic E-state index is 0.0493. The zero-order valence-corrected chi connectivity index (χ0v) is 19.5. The smallest absolute Gasteiger partial charge is 0.416 e. The molecule has 35 heavy (non-hydrogen) atoms. The van der Waals surface area contributed by atoms with Crippen LogP contribution in [0.4, 0.5) is 13.2 Å². The number of alkyl halides is 3. The molecule has 0 aliphatic heterocycles. The molecule has 0 aliphatic carbocycles. The summed E-state index contributed by atoms with van der Waals surface area (Å²) in [4.78, 5) is 24.3. The first-order chi connectivity index (χ1) is 16.5. The topological polar surface area (TPSA) is 109 Å². The van der Waals surface area contributed by atoms with Gasteiger partial charge in [0.25, 0.3) is 5.91 Å². The number of hydrazine groups is 1. The first kappa shape index (κ1) is 26.3. The average Bonchev–Trinajstić information content (AvgIpc) is 3.33. The van der Waals surface area contributed by atoms with E-state index in [9.17, 15) is 31.2 Å². The Hall–Kier alpha value is -3.35. The van der Waals surface area contributed by atoms with E-state index in [1.807, 2.05) is 5.43 Å². The molecule has 0 fully saturated rings. The van der Waals surface area contributed by atoms with E-state index in [1.165, 1.54) is 30.5 Å². The van der Waals surface area contributed by atoms with Crippen LogP contribution < -0.4 is 10.9 Å². The van der Waals surface area contributed by atoms with Gasteiger partial charge >= 0.3 is 6.18 Å². The van der Waals surface area contributed by atoms with E-state index < -0.39 is 33.6 Å². The molecule has 8 nitrogen and oxygen atoms in total.